The summed E-state index contributed by atoms with van der Waals surface area (Å²) in [5.74, 6) is 1.28. The average Bonchev–Trinajstić information content (AvgIpc) is 2.28. The third kappa shape index (κ3) is 4.51. The minimum atomic E-state index is 0.183. The van der Waals surface area contributed by atoms with Crippen molar-refractivity contribution >= 4 is 0 Å². The van der Waals surface area contributed by atoms with Gasteiger partial charge in [-0.05, 0) is 35.8 Å². The molecule has 96 valence electrons. The van der Waals surface area contributed by atoms with Crippen molar-refractivity contribution in [3.63, 3.8) is 0 Å². The molecule has 0 aliphatic rings. The van der Waals surface area contributed by atoms with Crippen LogP contribution in [0, 0.1) is 11.8 Å². The van der Waals surface area contributed by atoms with Crippen molar-refractivity contribution < 1.29 is 0 Å². The summed E-state index contributed by atoms with van der Waals surface area (Å²) in [7, 11) is 0. The molecular weight excluding hydrogens is 206 g/mol. The van der Waals surface area contributed by atoms with Gasteiger partial charge in [-0.2, -0.15) is 0 Å². The third-order valence-corrected chi connectivity index (χ3v) is 3.37. The lowest BCUT2D eigenvalue weighted by molar-refractivity contribution is 0.433. The van der Waals surface area contributed by atoms with Crippen molar-refractivity contribution in [2.45, 2.75) is 53.0 Å². The molecule has 0 spiro atoms. The first-order valence-corrected chi connectivity index (χ1v) is 6.89. The van der Waals surface area contributed by atoms with Gasteiger partial charge in [-0.1, -0.05) is 58.4 Å². The monoisotopic (exact) mass is 233 g/mol. The van der Waals surface area contributed by atoms with Gasteiger partial charge in [0, 0.05) is 6.04 Å². The number of nitrogens with two attached hydrogens (primary N) is 1. The Morgan fingerprint density at radius 3 is 2.12 bits per heavy atom. The van der Waals surface area contributed by atoms with E-state index in [1.807, 2.05) is 0 Å². The summed E-state index contributed by atoms with van der Waals surface area (Å²) in [6.45, 7) is 8.97. The van der Waals surface area contributed by atoms with Crippen LogP contribution in [0.25, 0.3) is 0 Å². The van der Waals surface area contributed by atoms with Crippen molar-refractivity contribution in [1.29, 1.82) is 0 Å². The second-order valence-corrected chi connectivity index (χ2v) is 5.63. The van der Waals surface area contributed by atoms with E-state index >= 15 is 0 Å². The summed E-state index contributed by atoms with van der Waals surface area (Å²) in [6.07, 6.45) is 3.56. The molecule has 1 rings (SSSR count). The van der Waals surface area contributed by atoms with E-state index in [1.54, 1.807) is 0 Å². The Bertz CT molecular complexity index is 313. The van der Waals surface area contributed by atoms with Crippen molar-refractivity contribution in [3.05, 3.63) is 35.4 Å². The van der Waals surface area contributed by atoms with Gasteiger partial charge in [-0.15, -0.1) is 0 Å². The van der Waals surface area contributed by atoms with Crippen LogP contribution in [0.4, 0.5) is 0 Å². The van der Waals surface area contributed by atoms with Gasteiger partial charge < -0.3 is 5.73 Å². The summed E-state index contributed by atoms with van der Waals surface area (Å²) >= 11 is 0. The maximum Gasteiger partial charge on any atom is 0.0320 e. The molecule has 2 atom stereocenters. The molecule has 1 aromatic carbocycles. The maximum absolute atomic E-state index is 6.28. The van der Waals surface area contributed by atoms with Crippen LogP contribution in [0.5, 0.6) is 0 Å². The van der Waals surface area contributed by atoms with Gasteiger partial charge in [0.2, 0.25) is 0 Å². The van der Waals surface area contributed by atoms with Gasteiger partial charge in [0.25, 0.3) is 0 Å². The highest BCUT2D eigenvalue weighted by Crippen LogP contribution is 2.23. The average molecular weight is 233 g/mol. The first-order valence-electron chi connectivity index (χ1n) is 6.89. The van der Waals surface area contributed by atoms with Crippen molar-refractivity contribution in [2.75, 3.05) is 0 Å². The number of hydrogen-bond donors (Lipinski definition) is 1. The predicted molar refractivity (Wildman–Crippen MR) is 76.0 cm³/mol. The Labute approximate surface area is 106 Å². The fourth-order valence-electron chi connectivity index (χ4n) is 2.31. The molecule has 0 heterocycles. The molecule has 0 amide bonds. The Morgan fingerprint density at radius 1 is 1.06 bits per heavy atom. The highest BCUT2D eigenvalue weighted by molar-refractivity contribution is 5.25. The van der Waals surface area contributed by atoms with Gasteiger partial charge in [0.15, 0.2) is 0 Å². The number of benzene rings is 1. The molecule has 2 N–H and O–H groups in total. The molecule has 0 radical (unpaired) electrons. The summed E-state index contributed by atoms with van der Waals surface area (Å²) in [5, 5.41) is 0. The van der Waals surface area contributed by atoms with Crippen molar-refractivity contribution in [3.8, 4) is 0 Å². The third-order valence-electron chi connectivity index (χ3n) is 3.37. The molecule has 17 heavy (non-hydrogen) atoms. The molecule has 0 aliphatic heterocycles. The molecule has 0 saturated carbocycles. The molecule has 0 bridgehead atoms. The minimum absolute atomic E-state index is 0.183. The fourth-order valence-corrected chi connectivity index (χ4v) is 2.31. The van der Waals surface area contributed by atoms with Gasteiger partial charge in [-0.3, -0.25) is 0 Å². The smallest absolute Gasteiger partial charge is 0.0320 e. The molecule has 0 fully saturated rings. The van der Waals surface area contributed by atoms with Crippen LogP contribution in [-0.2, 0) is 6.42 Å². The molecule has 0 aromatic heterocycles. The summed E-state index contributed by atoms with van der Waals surface area (Å²) in [6, 6.07) is 9.05. The zero-order valence-electron chi connectivity index (χ0n) is 11.7. The van der Waals surface area contributed by atoms with E-state index in [-0.39, 0.29) is 6.04 Å². The SMILES string of the molecule is CCCC(C)C(N)c1ccc(CC(C)C)cc1. The normalized spacial score (nSPS) is 14.9. The van der Waals surface area contributed by atoms with E-state index in [1.165, 1.54) is 24.0 Å². The molecule has 0 saturated heterocycles. The summed E-state index contributed by atoms with van der Waals surface area (Å²) in [5.41, 5.74) is 8.97. The lowest BCUT2D eigenvalue weighted by Crippen LogP contribution is -2.18. The molecule has 1 aromatic rings. The zero-order chi connectivity index (χ0) is 12.8. The Morgan fingerprint density at radius 2 is 1.65 bits per heavy atom. The second kappa shape index (κ2) is 6.80. The Kier molecular flexibility index (Phi) is 5.70. The van der Waals surface area contributed by atoms with E-state index in [0.717, 1.165) is 6.42 Å². The van der Waals surface area contributed by atoms with Crippen LogP contribution >= 0.6 is 0 Å². The van der Waals surface area contributed by atoms with E-state index < -0.39 is 0 Å². The predicted octanol–water partition coefficient (Wildman–Crippen LogP) is 4.32. The first-order chi connectivity index (χ1) is 8.04. The minimum Gasteiger partial charge on any atom is -0.324 e. The summed E-state index contributed by atoms with van der Waals surface area (Å²) in [4.78, 5) is 0. The van der Waals surface area contributed by atoms with E-state index in [9.17, 15) is 0 Å². The van der Waals surface area contributed by atoms with Crippen LogP contribution in [0.1, 0.15) is 57.7 Å². The van der Waals surface area contributed by atoms with Crippen LogP contribution in [0.2, 0.25) is 0 Å². The molecule has 0 aliphatic carbocycles. The topological polar surface area (TPSA) is 26.0 Å². The molecule has 1 heteroatoms. The van der Waals surface area contributed by atoms with Crippen molar-refractivity contribution in [1.82, 2.24) is 0 Å². The van der Waals surface area contributed by atoms with Crippen LogP contribution in [-0.4, -0.2) is 0 Å². The van der Waals surface area contributed by atoms with Gasteiger partial charge in [0.05, 0.1) is 0 Å². The molecule has 2 unspecified atom stereocenters. The lowest BCUT2D eigenvalue weighted by Gasteiger charge is -2.20. The quantitative estimate of drug-likeness (QED) is 0.778. The highest BCUT2D eigenvalue weighted by Gasteiger charge is 2.13. The fraction of sp³-hybridized carbons (Fsp3) is 0.625. The standard InChI is InChI=1S/C16H27N/c1-5-6-13(4)16(17)15-9-7-14(8-10-15)11-12(2)3/h7-10,12-13,16H,5-6,11,17H2,1-4H3. The van der Waals surface area contributed by atoms with E-state index in [4.69, 9.17) is 5.73 Å². The van der Waals surface area contributed by atoms with Crippen LogP contribution in [0.3, 0.4) is 0 Å². The maximum atomic E-state index is 6.28. The number of rotatable bonds is 6. The molecular formula is C16H27N. The van der Waals surface area contributed by atoms with Gasteiger partial charge >= 0.3 is 0 Å². The Hall–Kier alpha value is -0.820. The highest BCUT2D eigenvalue weighted by atomic mass is 14.6. The van der Waals surface area contributed by atoms with Crippen LogP contribution < -0.4 is 5.73 Å². The first kappa shape index (κ1) is 14.2. The molecule has 1 nitrogen and oxygen atoms in total. The largest absolute Gasteiger partial charge is 0.324 e. The van der Waals surface area contributed by atoms with Gasteiger partial charge in [-0.25, -0.2) is 0 Å². The van der Waals surface area contributed by atoms with Crippen molar-refractivity contribution in [2.24, 2.45) is 17.6 Å². The van der Waals surface area contributed by atoms with Gasteiger partial charge in [0.1, 0.15) is 0 Å². The van der Waals surface area contributed by atoms with Crippen LogP contribution in [0.15, 0.2) is 24.3 Å². The summed E-state index contributed by atoms with van der Waals surface area (Å²) < 4.78 is 0. The van der Waals surface area contributed by atoms with E-state index in [0.29, 0.717) is 11.8 Å². The lowest BCUT2D eigenvalue weighted by atomic mass is 9.91. The second-order valence-electron chi connectivity index (χ2n) is 5.63. The number of hydrogen-bond acceptors (Lipinski definition) is 1. The zero-order valence-corrected chi connectivity index (χ0v) is 11.7. The van der Waals surface area contributed by atoms with E-state index in [2.05, 4.69) is 52.0 Å². The Balaban J connectivity index is 2.66.